The summed E-state index contributed by atoms with van der Waals surface area (Å²) >= 11 is 0. The van der Waals surface area contributed by atoms with Gasteiger partial charge in [0.15, 0.2) is 0 Å². The van der Waals surface area contributed by atoms with Crippen LogP contribution in [0.1, 0.15) is 12.0 Å². The highest BCUT2D eigenvalue weighted by Gasteiger charge is 2.53. The molecule has 2 rings (SSSR count). The maximum Gasteiger partial charge on any atom is 0.367 e. The lowest BCUT2D eigenvalue weighted by molar-refractivity contribution is -0.295. The van der Waals surface area contributed by atoms with Crippen molar-refractivity contribution >= 4 is 5.97 Å². The van der Waals surface area contributed by atoms with E-state index in [0.29, 0.717) is 5.56 Å². The maximum absolute atomic E-state index is 12.2. The second-order valence-electron chi connectivity index (χ2n) is 6.02. The van der Waals surface area contributed by atoms with Gasteiger partial charge in [-0.3, -0.25) is 0 Å². The summed E-state index contributed by atoms with van der Waals surface area (Å²) in [6.45, 7) is -0.916. The molecule has 0 spiro atoms. The molecule has 1 heterocycles. The molecule has 0 radical (unpaired) electrons. The lowest BCUT2D eigenvalue weighted by Crippen LogP contribution is -2.65. The smallest absolute Gasteiger partial charge is 0.367 e. The minimum atomic E-state index is -2.54. The van der Waals surface area contributed by atoms with Crippen LogP contribution < -0.4 is 5.73 Å². The molecule has 0 bridgehead atoms. The topological polar surface area (TPSA) is 163 Å². The molecule has 9 nitrogen and oxygen atoms in total. The van der Waals surface area contributed by atoms with Gasteiger partial charge in [0.05, 0.1) is 18.8 Å². The zero-order valence-corrected chi connectivity index (χ0v) is 13.4. The second-order valence-corrected chi connectivity index (χ2v) is 6.02. The normalized spacial score (nSPS) is 32.0. The number of carbonyl (C=O) groups is 1. The van der Waals surface area contributed by atoms with Gasteiger partial charge in [-0.25, -0.2) is 4.79 Å². The van der Waals surface area contributed by atoms with Crippen LogP contribution in [0.5, 0.6) is 0 Å². The van der Waals surface area contributed by atoms with Crippen molar-refractivity contribution in [3.05, 3.63) is 35.9 Å². The summed E-state index contributed by atoms with van der Waals surface area (Å²) < 4.78 is 10.2. The Hall–Kier alpha value is -1.59. The first kappa shape index (κ1) is 19.7. The van der Waals surface area contributed by atoms with Crippen molar-refractivity contribution < 1.29 is 39.8 Å². The lowest BCUT2D eigenvalue weighted by atomic mass is 9.89. The summed E-state index contributed by atoms with van der Waals surface area (Å²) in [5.41, 5.74) is 6.39. The highest BCUT2D eigenvalue weighted by atomic mass is 16.7. The number of hydrogen-bond donors (Lipinski definition) is 6. The molecule has 140 valence electrons. The van der Waals surface area contributed by atoms with Gasteiger partial charge in [-0.1, -0.05) is 30.3 Å². The summed E-state index contributed by atoms with van der Waals surface area (Å²) in [6.07, 6.45) is -6.77. The number of aliphatic hydroxyl groups excluding tert-OH is 4. The van der Waals surface area contributed by atoms with Gasteiger partial charge in [-0.2, -0.15) is 0 Å². The molecule has 9 heteroatoms. The van der Waals surface area contributed by atoms with E-state index in [2.05, 4.69) is 0 Å². The first-order valence-corrected chi connectivity index (χ1v) is 7.80. The first-order chi connectivity index (χ1) is 11.8. The van der Waals surface area contributed by atoms with Crippen LogP contribution in [0.25, 0.3) is 0 Å². The van der Waals surface area contributed by atoms with Crippen molar-refractivity contribution in [3.8, 4) is 0 Å². The van der Waals surface area contributed by atoms with Crippen molar-refractivity contribution in [2.75, 3.05) is 6.61 Å². The van der Waals surface area contributed by atoms with Crippen molar-refractivity contribution in [2.45, 2.75) is 49.3 Å². The summed E-state index contributed by atoms with van der Waals surface area (Å²) in [5.74, 6) is -3.69. The fourth-order valence-corrected chi connectivity index (χ4v) is 2.58. The van der Waals surface area contributed by atoms with E-state index in [1.807, 2.05) is 0 Å². The highest BCUT2D eigenvalue weighted by molar-refractivity contribution is 5.77. The third kappa shape index (κ3) is 4.53. The molecule has 1 saturated heterocycles. The van der Waals surface area contributed by atoms with Crippen LogP contribution in [-0.4, -0.2) is 74.4 Å². The predicted molar refractivity (Wildman–Crippen MR) is 83.8 cm³/mol. The molecule has 6 atom stereocenters. The summed E-state index contributed by atoms with van der Waals surface area (Å²) in [6, 6.07) is 7.54. The van der Waals surface area contributed by atoms with Crippen LogP contribution in [-0.2, 0) is 20.9 Å². The van der Waals surface area contributed by atoms with Crippen LogP contribution in [0, 0.1) is 0 Å². The van der Waals surface area contributed by atoms with Crippen LogP contribution in [0.2, 0.25) is 0 Å². The molecular formula is C16H23NO8. The number of aliphatic hydroxyl groups is 5. The van der Waals surface area contributed by atoms with E-state index in [0.717, 1.165) is 0 Å². The highest BCUT2D eigenvalue weighted by Crippen LogP contribution is 2.30. The first-order valence-electron chi connectivity index (χ1n) is 7.80. The van der Waals surface area contributed by atoms with E-state index in [4.69, 9.17) is 20.3 Å². The molecule has 1 aliphatic rings. The number of nitrogens with two attached hydrogens (primary N) is 1. The Morgan fingerprint density at radius 3 is 2.60 bits per heavy atom. The number of esters is 1. The molecule has 25 heavy (non-hydrogen) atoms. The van der Waals surface area contributed by atoms with E-state index in [1.165, 1.54) is 0 Å². The van der Waals surface area contributed by atoms with Gasteiger partial charge >= 0.3 is 5.97 Å². The summed E-state index contributed by atoms with van der Waals surface area (Å²) in [5, 5.41) is 48.8. The lowest BCUT2D eigenvalue weighted by Gasteiger charge is -2.43. The van der Waals surface area contributed by atoms with Gasteiger partial charge in [0, 0.05) is 6.42 Å². The standard InChI is InChI=1S/C16H23NO8/c17-12-10(19)6-16(23,25-14(12)13(21)11(20)7-18)15(22)24-8-9-4-2-1-3-5-9/h1-5,10-14,18-21,23H,6-8,17H2/t10-,11-,12-,13-,14?,16-/m1/s1. The maximum atomic E-state index is 12.2. The molecule has 0 amide bonds. The third-order valence-corrected chi connectivity index (χ3v) is 4.09. The summed E-state index contributed by atoms with van der Waals surface area (Å²) in [4.78, 5) is 12.2. The molecule has 0 saturated carbocycles. The fourth-order valence-electron chi connectivity index (χ4n) is 2.58. The number of rotatable bonds is 6. The molecule has 1 aromatic rings. The SMILES string of the molecule is N[C@H]1C([C@H](O)[C@H](O)CO)O[C@@](O)(C(=O)OCc2ccccc2)C[C@H]1O. The van der Waals surface area contributed by atoms with Gasteiger partial charge in [0.2, 0.25) is 0 Å². The Kier molecular flexibility index (Phi) is 6.47. The Labute approximate surface area is 144 Å². The summed E-state index contributed by atoms with van der Waals surface area (Å²) in [7, 11) is 0. The molecule has 0 aromatic heterocycles. The van der Waals surface area contributed by atoms with Gasteiger partial charge in [-0.15, -0.1) is 0 Å². The van der Waals surface area contributed by atoms with Gasteiger partial charge in [0.1, 0.15) is 24.9 Å². The Morgan fingerprint density at radius 1 is 1.36 bits per heavy atom. The largest absolute Gasteiger partial charge is 0.457 e. The number of carbonyl (C=O) groups excluding carboxylic acids is 1. The molecule has 1 aliphatic heterocycles. The minimum Gasteiger partial charge on any atom is -0.457 e. The zero-order valence-electron chi connectivity index (χ0n) is 13.4. The number of hydrogen-bond acceptors (Lipinski definition) is 9. The van der Waals surface area contributed by atoms with Gasteiger partial charge in [0.25, 0.3) is 5.79 Å². The second kappa shape index (κ2) is 8.19. The average molecular weight is 357 g/mol. The molecule has 1 fully saturated rings. The molecular weight excluding hydrogens is 334 g/mol. The number of benzene rings is 1. The zero-order chi connectivity index (χ0) is 18.6. The van der Waals surface area contributed by atoms with Crippen LogP contribution in [0.3, 0.4) is 0 Å². The van der Waals surface area contributed by atoms with Gasteiger partial charge < -0.3 is 40.7 Å². The van der Waals surface area contributed by atoms with E-state index in [9.17, 15) is 25.2 Å². The monoisotopic (exact) mass is 357 g/mol. The van der Waals surface area contributed by atoms with Crippen molar-refractivity contribution in [3.63, 3.8) is 0 Å². The van der Waals surface area contributed by atoms with Crippen molar-refractivity contribution in [2.24, 2.45) is 5.73 Å². The van der Waals surface area contributed by atoms with Crippen molar-refractivity contribution in [1.29, 1.82) is 0 Å². The van der Waals surface area contributed by atoms with Crippen molar-refractivity contribution in [1.82, 2.24) is 0 Å². The Balaban J connectivity index is 2.08. The Bertz CT molecular complexity index is 571. The Morgan fingerprint density at radius 2 is 2.00 bits per heavy atom. The molecule has 1 aromatic carbocycles. The van der Waals surface area contributed by atoms with E-state index >= 15 is 0 Å². The van der Waals surface area contributed by atoms with E-state index in [1.54, 1.807) is 30.3 Å². The van der Waals surface area contributed by atoms with Crippen LogP contribution >= 0.6 is 0 Å². The van der Waals surface area contributed by atoms with Crippen LogP contribution in [0.4, 0.5) is 0 Å². The molecule has 7 N–H and O–H groups in total. The quantitative estimate of drug-likeness (QED) is 0.305. The molecule has 0 aliphatic carbocycles. The van der Waals surface area contributed by atoms with Crippen LogP contribution in [0.15, 0.2) is 30.3 Å². The molecule has 1 unspecified atom stereocenters. The van der Waals surface area contributed by atoms with Gasteiger partial charge in [-0.05, 0) is 5.56 Å². The average Bonchev–Trinajstić information content (AvgIpc) is 2.62. The number of ether oxygens (including phenoxy) is 2. The predicted octanol–water partition coefficient (Wildman–Crippen LogP) is -2.39. The van der Waals surface area contributed by atoms with E-state index < -0.39 is 55.2 Å². The fraction of sp³-hybridized carbons (Fsp3) is 0.562. The third-order valence-electron chi connectivity index (χ3n) is 4.09. The minimum absolute atomic E-state index is 0.125. The van der Waals surface area contributed by atoms with E-state index in [-0.39, 0.29) is 6.61 Å².